The monoisotopic (exact) mass is 289 g/mol. The fraction of sp³-hybridized carbons (Fsp3) is 0.545. The lowest BCUT2D eigenvalue weighted by Gasteiger charge is -2.22. The average Bonchev–Trinajstić information content (AvgIpc) is 2.68. The fourth-order valence-electron chi connectivity index (χ4n) is 2.31. The van der Waals surface area contributed by atoms with Crippen LogP contribution in [-0.2, 0) is 16.3 Å². The molecule has 2 unspecified atom stereocenters. The fourth-order valence-corrected chi connectivity index (χ4v) is 4.39. The highest BCUT2D eigenvalue weighted by atomic mass is 35.5. The Labute approximate surface area is 112 Å². The van der Waals surface area contributed by atoms with Crippen molar-refractivity contribution in [3.63, 3.8) is 0 Å². The summed E-state index contributed by atoms with van der Waals surface area (Å²) in [4.78, 5) is 3.92. The molecule has 0 radical (unpaired) electrons. The van der Waals surface area contributed by atoms with Gasteiger partial charge in [0.25, 0.3) is 0 Å². The Hall–Kier alpha value is -0.690. The zero-order valence-electron chi connectivity index (χ0n) is 9.84. The standard InChI is InChI=1S/C11H16ClN3O2S/c12-10-6-14-3-1-8(10)5-11(15-13)9-2-4-18(16,17)7-9/h1,3,6,9,11,15H,2,4-5,7,13H2. The van der Waals surface area contributed by atoms with Crippen LogP contribution in [0.15, 0.2) is 18.5 Å². The molecule has 0 aromatic carbocycles. The minimum atomic E-state index is -2.89. The van der Waals surface area contributed by atoms with Gasteiger partial charge in [-0.3, -0.25) is 16.3 Å². The van der Waals surface area contributed by atoms with Crippen molar-refractivity contribution in [1.29, 1.82) is 0 Å². The number of pyridine rings is 1. The van der Waals surface area contributed by atoms with E-state index in [2.05, 4.69) is 10.4 Å². The normalized spacial score (nSPS) is 24.0. The topological polar surface area (TPSA) is 85.1 Å². The molecule has 0 bridgehead atoms. The molecule has 0 amide bonds. The van der Waals surface area contributed by atoms with Crippen molar-refractivity contribution in [2.75, 3.05) is 11.5 Å². The minimum absolute atomic E-state index is 0.0456. The van der Waals surface area contributed by atoms with E-state index in [1.54, 1.807) is 12.4 Å². The Bertz CT molecular complexity index is 521. The van der Waals surface area contributed by atoms with Gasteiger partial charge in [0.15, 0.2) is 9.84 Å². The summed E-state index contributed by atoms with van der Waals surface area (Å²) in [5.41, 5.74) is 3.64. The molecule has 3 N–H and O–H groups in total. The number of hydrazine groups is 1. The van der Waals surface area contributed by atoms with Crippen LogP contribution in [0.1, 0.15) is 12.0 Å². The van der Waals surface area contributed by atoms with Gasteiger partial charge in [-0.1, -0.05) is 11.6 Å². The van der Waals surface area contributed by atoms with Crippen LogP contribution in [0.2, 0.25) is 5.02 Å². The summed E-state index contributed by atoms with van der Waals surface area (Å²) < 4.78 is 23.0. The van der Waals surface area contributed by atoms with Gasteiger partial charge in [0.2, 0.25) is 0 Å². The molecule has 1 aromatic heterocycles. The van der Waals surface area contributed by atoms with Crippen LogP contribution < -0.4 is 11.3 Å². The van der Waals surface area contributed by atoms with Crippen molar-refractivity contribution in [3.05, 3.63) is 29.0 Å². The van der Waals surface area contributed by atoms with Gasteiger partial charge in [-0.15, -0.1) is 0 Å². The maximum absolute atomic E-state index is 11.5. The Kier molecular flexibility index (Phi) is 4.21. The molecular weight excluding hydrogens is 274 g/mol. The first-order valence-corrected chi connectivity index (χ1v) is 7.97. The van der Waals surface area contributed by atoms with Crippen LogP contribution in [0.3, 0.4) is 0 Å². The molecule has 2 heterocycles. The molecule has 18 heavy (non-hydrogen) atoms. The lowest BCUT2D eigenvalue weighted by Crippen LogP contribution is -2.43. The molecule has 1 aliphatic heterocycles. The van der Waals surface area contributed by atoms with Gasteiger partial charge in [-0.25, -0.2) is 8.42 Å². The Morgan fingerprint density at radius 3 is 2.94 bits per heavy atom. The van der Waals surface area contributed by atoms with E-state index >= 15 is 0 Å². The second kappa shape index (κ2) is 5.52. The number of sulfone groups is 1. The maximum Gasteiger partial charge on any atom is 0.150 e. The second-order valence-electron chi connectivity index (χ2n) is 4.61. The molecule has 1 aromatic rings. The number of halogens is 1. The number of nitrogens with two attached hydrogens (primary N) is 1. The predicted molar refractivity (Wildman–Crippen MR) is 70.8 cm³/mol. The summed E-state index contributed by atoms with van der Waals surface area (Å²) in [5, 5.41) is 0.582. The van der Waals surface area contributed by atoms with Crippen LogP contribution in [0.25, 0.3) is 0 Å². The van der Waals surface area contributed by atoms with Crippen LogP contribution in [0.5, 0.6) is 0 Å². The Morgan fingerprint density at radius 2 is 2.39 bits per heavy atom. The molecule has 1 fully saturated rings. The Balaban J connectivity index is 2.09. The molecular formula is C11H16ClN3O2S. The van der Waals surface area contributed by atoms with E-state index in [4.69, 9.17) is 17.4 Å². The highest BCUT2D eigenvalue weighted by Gasteiger charge is 2.33. The summed E-state index contributed by atoms with van der Waals surface area (Å²) >= 11 is 6.04. The lowest BCUT2D eigenvalue weighted by atomic mass is 9.94. The zero-order valence-corrected chi connectivity index (χ0v) is 11.4. The lowest BCUT2D eigenvalue weighted by molar-refractivity contribution is 0.385. The van der Waals surface area contributed by atoms with Gasteiger partial charge in [0, 0.05) is 18.4 Å². The van der Waals surface area contributed by atoms with Gasteiger partial charge >= 0.3 is 0 Å². The van der Waals surface area contributed by atoms with E-state index in [9.17, 15) is 8.42 Å². The number of rotatable bonds is 4. The molecule has 2 rings (SSSR count). The van der Waals surface area contributed by atoms with Crippen molar-refractivity contribution in [2.45, 2.75) is 18.9 Å². The summed E-state index contributed by atoms with van der Waals surface area (Å²) in [6, 6.07) is 1.75. The summed E-state index contributed by atoms with van der Waals surface area (Å²) in [5.74, 6) is 6.03. The number of nitrogens with zero attached hydrogens (tertiary/aromatic N) is 1. The van der Waals surface area contributed by atoms with Gasteiger partial charge in [-0.05, 0) is 30.4 Å². The van der Waals surface area contributed by atoms with E-state index in [0.717, 1.165) is 5.56 Å². The number of hydrogen-bond donors (Lipinski definition) is 2. The second-order valence-corrected chi connectivity index (χ2v) is 7.24. The molecule has 1 saturated heterocycles. The first kappa shape index (κ1) is 13.7. The minimum Gasteiger partial charge on any atom is -0.271 e. The van der Waals surface area contributed by atoms with Crippen molar-refractivity contribution in [3.8, 4) is 0 Å². The van der Waals surface area contributed by atoms with Crippen LogP contribution in [0, 0.1) is 5.92 Å². The number of aromatic nitrogens is 1. The molecule has 0 saturated carbocycles. The van der Waals surface area contributed by atoms with Crippen molar-refractivity contribution in [2.24, 2.45) is 11.8 Å². The van der Waals surface area contributed by atoms with E-state index in [1.165, 1.54) is 0 Å². The van der Waals surface area contributed by atoms with Crippen LogP contribution >= 0.6 is 11.6 Å². The summed E-state index contributed by atoms with van der Waals surface area (Å²) in [7, 11) is -2.89. The predicted octanol–water partition coefficient (Wildman–Crippen LogP) is 0.544. The zero-order chi connectivity index (χ0) is 13.2. The number of nitrogens with one attached hydrogen (secondary N) is 1. The largest absolute Gasteiger partial charge is 0.271 e. The molecule has 1 aliphatic rings. The maximum atomic E-state index is 11.5. The molecule has 0 spiro atoms. The van der Waals surface area contributed by atoms with E-state index in [1.807, 2.05) is 6.07 Å². The van der Waals surface area contributed by atoms with Gasteiger partial charge in [0.05, 0.1) is 16.5 Å². The average molecular weight is 290 g/mol. The van der Waals surface area contributed by atoms with Gasteiger partial charge < -0.3 is 0 Å². The van der Waals surface area contributed by atoms with E-state index < -0.39 is 9.84 Å². The van der Waals surface area contributed by atoms with Crippen LogP contribution in [-0.4, -0.2) is 30.9 Å². The first-order valence-electron chi connectivity index (χ1n) is 5.77. The summed E-state index contributed by atoms with van der Waals surface area (Å²) in [6.07, 6.45) is 4.51. The van der Waals surface area contributed by atoms with Gasteiger partial charge in [0.1, 0.15) is 0 Å². The molecule has 2 atom stereocenters. The van der Waals surface area contributed by atoms with Crippen molar-refractivity contribution < 1.29 is 8.42 Å². The smallest absolute Gasteiger partial charge is 0.150 e. The molecule has 0 aliphatic carbocycles. The summed E-state index contributed by atoms with van der Waals surface area (Å²) in [6.45, 7) is 0. The third-order valence-electron chi connectivity index (χ3n) is 3.35. The SMILES string of the molecule is NNC(Cc1ccncc1Cl)C1CCS(=O)(=O)C1. The highest BCUT2D eigenvalue weighted by Crippen LogP contribution is 2.25. The quantitative estimate of drug-likeness (QED) is 0.624. The van der Waals surface area contributed by atoms with Crippen molar-refractivity contribution >= 4 is 21.4 Å². The molecule has 5 nitrogen and oxygen atoms in total. The van der Waals surface area contributed by atoms with E-state index in [-0.39, 0.29) is 23.5 Å². The van der Waals surface area contributed by atoms with Crippen LogP contribution in [0.4, 0.5) is 0 Å². The first-order chi connectivity index (χ1) is 8.52. The third kappa shape index (κ3) is 3.20. The van der Waals surface area contributed by atoms with Crippen molar-refractivity contribution in [1.82, 2.24) is 10.4 Å². The molecule has 7 heteroatoms. The number of hydrogen-bond acceptors (Lipinski definition) is 5. The van der Waals surface area contributed by atoms with Gasteiger partial charge in [-0.2, -0.15) is 0 Å². The Morgan fingerprint density at radius 1 is 1.61 bits per heavy atom. The third-order valence-corrected chi connectivity index (χ3v) is 5.48. The molecule has 100 valence electrons. The van der Waals surface area contributed by atoms with E-state index in [0.29, 0.717) is 17.9 Å². The highest BCUT2D eigenvalue weighted by molar-refractivity contribution is 7.91.